The van der Waals surface area contributed by atoms with Crippen molar-refractivity contribution in [2.24, 2.45) is 0 Å². The van der Waals surface area contributed by atoms with Crippen LogP contribution < -0.4 is 5.32 Å². The van der Waals surface area contributed by atoms with E-state index >= 15 is 0 Å². The SMILES string of the molecule is CCOC(=O)C(NC(=O)CSC(C)(C)C)C(=O)OCC. The monoisotopic (exact) mass is 305 g/mol. The second-order valence-electron chi connectivity index (χ2n) is 4.91. The largest absolute Gasteiger partial charge is 0.464 e. The maximum absolute atomic E-state index is 11.8. The molecule has 0 saturated carbocycles. The van der Waals surface area contributed by atoms with Crippen molar-refractivity contribution in [3.63, 3.8) is 0 Å². The lowest BCUT2D eigenvalue weighted by atomic mass is 10.3. The number of hydrogen-bond donors (Lipinski definition) is 1. The van der Waals surface area contributed by atoms with Crippen LogP contribution in [0.5, 0.6) is 0 Å². The van der Waals surface area contributed by atoms with Crippen LogP contribution in [0, 0.1) is 0 Å². The molecule has 7 heteroatoms. The summed E-state index contributed by atoms with van der Waals surface area (Å²) in [7, 11) is 0. The summed E-state index contributed by atoms with van der Waals surface area (Å²) in [5, 5.41) is 2.35. The summed E-state index contributed by atoms with van der Waals surface area (Å²) in [6.45, 7) is 9.41. The van der Waals surface area contributed by atoms with Crippen LogP contribution >= 0.6 is 11.8 Å². The highest BCUT2D eigenvalue weighted by Gasteiger charge is 2.31. The number of amides is 1. The van der Waals surface area contributed by atoms with Crippen LogP contribution in [0.25, 0.3) is 0 Å². The van der Waals surface area contributed by atoms with E-state index < -0.39 is 23.9 Å². The maximum atomic E-state index is 11.8. The molecular formula is C13H23NO5S. The standard InChI is InChI=1S/C13H23NO5S/c1-6-18-11(16)10(12(17)19-7-2)14-9(15)8-20-13(3,4)5/h10H,6-8H2,1-5H3,(H,14,15). The third-order valence-electron chi connectivity index (χ3n) is 1.99. The molecule has 0 fully saturated rings. The van der Waals surface area contributed by atoms with Gasteiger partial charge in [-0.2, -0.15) is 0 Å². The highest BCUT2D eigenvalue weighted by Crippen LogP contribution is 2.22. The van der Waals surface area contributed by atoms with E-state index in [1.165, 1.54) is 11.8 Å². The fourth-order valence-electron chi connectivity index (χ4n) is 1.15. The fraction of sp³-hybridized carbons (Fsp3) is 0.769. The van der Waals surface area contributed by atoms with Crippen LogP contribution in [0.3, 0.4) is 0 Å². The minimum Gasteiger partial charge on any atom is -0.464 e. The van der Waals surface area contributed by atoms with Gasteiger partial charge in [0.1, 0.15) is 0 Å². The molecule has 20 heavy (non-hydrogen) atoms. The number of carbonyl (C=O) groups excluding carboxylic acids is 3. The lowest BCUT2D eigenvalue weighted by Crippen LogP contribution is -2.49. The summed E-state index contributed by atoms with van der Waals surface area (Å²) in [5.41, 5.74) is 0. The van der Waals surface area contributed by atoms with Crippen LogP contribution in [0.15, 0.2) is 0 Å². The van der Waals surface area contributed by atoms with Gasteiger partial charge in [-0.05, 0) is 13.8 Å². The first-order chi connectivity index (χ1) is 9.21. The van der Waals surface area contributed by atoms with Crippen molar-refractivity contribution in [2.75, 3.05) is 19.0 Å². The molecule has 1 N–H and O–H groups in total. The van der Waals surface area contributed by atoms with Crippen LogP contribution in [0.1, 0.15) is 34.6 Å². The van der Waals surface area contributed by atoms with Gasteiger partial charge in [0.2, 0.25) is 11.9 Å². The molecule has 116 valence electrons. The third-order valence-corrected chi connectivity index (χ3v) is 3.26. The predicted octanol–water partition coefficient (Wildman–Crippen LogP) is 1.13. The first kappa shape index (κ1) is 18.8. The molecule has 0 unspecified atom stereocenters. The minimum absolute atomic E-state index is 0.0826. The molecule has 0 aliphatic heterocycles. The second-order valence-corrected chi connectivity index (χ2v) is 6.71. The Kier molecular flexibility index (Phi) is 8.29. The molecule has 0 aromatic heterocycles. The predicted molar refractivity (Wildman–Crippen MR) is 77.4 cm³/mol. The Morgan fingerprint density at radius 3 is 1.85 bits per heavy atom. The Hall–Kier alpha value is -1.24. The number of hydrogen-bond acceptors (Lipinski definition) is 6. The Bertz CT molecular complexity index is 333. The summed E-state index contributed by atoms with van der Waals surface area (Å²) in [6.07, 6.45) is 0. The molecule has 0 rings (SSSR count). The van der Waals surface area contributed by atoms with Gasteiger partial charge < -0.3 is 14.8 Å². The molecule has 0 bridgehead atoms. The molecule has 0 atom stereocenters. The number of nitrogens with one attached hydrogen (secondary N) is 1. The molecular weight excluding hydrogens is 282 g/mol. The van der Waals surface area contributed by atoms with Gasteiger partial charge in [0.15, 0.2) is 0 Å². The lowest BCUT2D eigenvalue weighted by molar-refractivity contribution is -0.159. The quantitative estimate of drug-likeness (QED) is 0.561. The summed E-state index contributed by atoms with van der Waals surface area (Å²) in [6, 6.07) is -1.40. The van der Waals surface area contributed by atoms with E-state index in [1.54, 1.807) is 13.8 Å². The van der Waals surface area contributed by atoms with Crippen molar-refractivity contribution in [1.29, 1.82) is 0 Å². The van der Waals surface area contributed by atoms with Gasteiger partial charge in [0.05, 0.1) is 19.0 Å². The van der Waals surface area contributed by atoms with Gasteiger partial charge in [-0.1, -0.05) is 20.8 Å². The zero-order chi connectivity index (χ0) is 15.8. The van der Waals surface area contributed by atoms with Crippen LogP contribution in [0.2, 0.25) is 0 Å². The molecule has 0 aromatic carbocycles. The van der Waals surface area contributed by atoms with E-state index in [0.29, 0.717) is 0 Å². The lowest BCUT2D eigenvalue weighted by Gasteiger charge is -2.19. The average Bonchev–Trinajstić information content (AvgIpc) is 2.33. The highest BCUT2D eigenvalue weighted by molar-refractivity contribution is 8.01. The maximum Gasteiger partial charge on any atom is 0.340 e. The number of thioether (sulfide) groups is 1. The fourth-order valence-corrected chi connectivity index (χ4v) is 1.80. The normalized spacial score (nSPS) is 11.1. The molecule has 0 aliphatic rings. The molecule has 0 aromatic rings. The summed E-state index contributed by atoms with van der Waals surface area (Å²) in [5.74, 6) is -1.87. The van der Waals surface area contributed by atoms with E-state index in [0.717, 1.165) is 0 Å². The van der Waals surface area contributed by atoms with Crippen molar-refractivity contribution < 1.29 is 23.9 Å². The third kappa shape index (κ3) is 8.04. The first-order valence-corrected chi connectivity index (χ1v) is 7.46. The van der Waals surface area contributed by atoms with Crippen molar-refractivity contribution in [1.82, 2.24) is 5.32 Å². The number of rotatable bonds is 7. The number of ether oxygens (including phenoxy) is 2. The Labute approximate surface area is 124 Å². The molecule has 0 radical (unpaired) electrons. The smallest absolute Gasteiger partial charge is 0.340 e. The van der Waals surface area contributed by atoms with Crippen LogP contribution in [0.4, 0.5) is 0 Å². The Morgan fingerprint density at radius 2 is 1.50 bits per heavy atom. The van der Waals surface area contributed by atoms with E-state index in [2.05, 4.69) is 5.32 Å². The molecule has 0 heterocycles. The average molecular weight is 305 g/mol. The van der Waals surface area contributed by atoms with Crippen LogP contribution in [-0.4, -0.2) is 47.6 Å². The number of esters is 2. The summed E-state index contributed by atoms with van der Waals surface area (Å²) in [4.78, 5) is 35.1. The van der Waals surface area contributed by atoms with Crippen molar-refractivity contribution >= 4 is 29.6 Å². The van der Waals surface area contributed by atoms with Gasteiger partial charge >= 0.3 is 11.9 Å². The van der Waals surface area contributed by atoms with Gasteiger partial charge in [0.25, 0.3) is 0 Å². The Balaban J connectivity index is 4.59. The molecule has 6 nitrogen and oxygen atoms in total. The highest BCUT2D eigenvalue weighted by atomic mass is 32.2. The van der Waals surface area contributed by atoms with Gasteiger partial charge in [-0.25, -0.2) is 9.59 Å². The van der Waals surface area contributed by atoms with E-state index in [1.807, 2.05) is 20.8 Å². The van der Waals surface area contributed by atoms with E-state index in [9.17, 15) is 14.4 Å². The van der Waals surface area contributed by atoms with Crippen molar-refractivity contribution in [3.05, 3.63) is 0 Å². The Morgan fingerprint density at radius 1 is 1.05 bits per heavy atom. The molecule has 0 aliphatic carbocycles. The first-order valence-electron chi connectivity index (χ1n) is 6.47. The zero-order valence-corrected chi connectivity index (χ0v) is 13.5. The molecule has 0 spiro atoms. The van der Waals surface area contributed by atoms with Crippen molar-refractivity contribution in [3.8, 4) is 0 Å². The van der Waals surface area contributed by atoms with Gasteiger partial charge in [-0.3, -0.25) is 4.79 Å². The topological polar surface area (TPSA) is 81.7 Å². The number of carbonyl (C=O) groups is 3. The van der Waals surface area contributed by atoms with Gasteiger partial charge in [-0.15, -0.1) is 11.8 Å². The summed E-state index contributed by atoms with van der Waals surface area (Å²) < 4.78 is 9.43. The second kappa shape index (κ2) is 8.84. The zero-order valence-electron chi connectivity index (χ0n) is 12.6. The molecule has 0 saturated heterocycles. The summed E-state index contributed by atoms with van der Waals surface area (Å²) >= 11 is 1.42. The van der Waals surface area contributed by atoms with E-state index in [4.69, 9.17) is 9.47 Å². The molecule has 1 amide bonds. The van der Waals surface area contributed by atoms with E-state index in [-0.39, 0.29) is 23.7 Å². The van der Waals surface area contributed by atoms with Crippen molar-refractivity contribution in [2.45, 2.75) is 45.4 Å². The van der Waals surface area contributed by atoms with Gasteiger partial charge in [0, 0.05) is 4.75 Å². The van der Waals surface area contributed by atoms with Crippen LogP contribution in [-0.2, 0) is 23.9 Å². The minimum atomic E-state index is -1.40.